The van der Waals surface area contributed by atoms with Crippen molar-refractivity contribution in [2.24, 2.45) is 11.1 Å². The smallest absolute Gasteiger partial charge is 0.317 e. The largest absolute Gasteiger partial charge is 0.481 e. The SMILES string of the molecule is CC[C@H](CC(C(=O)O)C(=O)O)c1noc(C(Cl)=NO)c1C1CC1. The maximum absolute atomic E-state index is 11.1. The molecular weight excluding hydrogens is 328 g/mol. The lowest BCUT2D eigenvalue weighted by Crippen LogP contribution is -2.25. The van der Waals surface area contributed by atoms with Gasteiger partial charge in [-0.3, -0.25) is 9.59 Å². The van der Waals surface area contributed by atoms with Crippen LogP contribution >= 0.6 is 11.6 Å². The molecule has 9 heteroatoms. The second-order valence-corrected chi connectivity index (χ2v) is 5.90. The van der Waals surface area contributed by atoms with Crippen LogP contribution < -0.4 is 0 Å². The van der Waals surface area contributed by atoms with Crippen molar-refractivity contribution in [2.45, 2.75) is 44.4 Å². The molecule has 0 amide bonds. The normalized spacial score (nSPS) is 16.6. The lowest BCUT2D eigenvalue weighted by molar-refractivity contribution is -0.155. The summed E-state index contributed by atoms with van der Waals surface area (Å²) in [6.45, 7) is 1.82. The molecule has 8 nitrogen and oxygen atoms in total. The summed E-state index contributed by atoms with van der Waals surface area (Å²) in [4.78, 5) is 22.2. The van der Waals surface area contributed by atoms with Gasteiger partial charge in [-0.25, -0.2) is 0 Å². The Balaban J connectivity index is 2.36. The molecule has 0 aliphatic heterocycles. The number of carboxylic acids is 2. The lowest BCUT2D eigenvalue weighted by atomic mass is 9.87. The molecule has 0 radical (unpaired) electrons. The summed E-state index contributed by atoms with van der Waals surface area (Å²) in [5.41, 5.74) is 1.19. The molecule has 1 heterocycles. The summed E-state index contributed by atoms with van der Waals surface area (Å²) >= 11 is 5.81. The quantitative estimate of drug-likeness (QED) is 0.285. The number of hydrogen-bond acceptors (Lipinski definition) is 6. The van der Waals surface area contributed by atoms with Gasteiger partial charge in [0, 0.05) is 11.5 Å². The number of hydrogen-bond donors (Lipinski definition) is 3. The van der Waals surface area contributed by atoms with Gasteiger partial charge in [0.25, 0.3) is 0 Å². The Morgan fingerprint density at radius 1 is 1.39 bits per heavy atom. The molecule has 1 aromatic heterocycles. The van der Waals surface area contributed by atoms with E-state index in [4.69, 9.17) is 31.5 Å². The fourth-order valence-corrected chi connectivity index (χ4v) is 2.76. The average molecular weight is 345 g/mol. The Morgan fingerprint density at radius 3 is 2.43 bits per heavy atom. The first-order chi connectivity index (χ1) is 10.9. The Bertz CT molecular complexity index is 623. The van der Waals surface area contributed by atoms with Gasteiger partial charge in [-0.2, -0.15) is 0 Å². The van der Waals surface area contributed by atoms with Crippen LogP contribution in [-0.4, -0.2) is 37.7 Å². The van der Waals surface area contributed by atoms with Gasteiger partial charge in [0.1, 0.15) is 0 Å². The van der Waals surface area contributed by atoms with Crippen LogP contribution in [-0.2, 0) is 9.59 Å². The van der Waals surface area contributed by atoms with Crippen LogP contribution in [0, 0.1) is 5.92 Å². The van der Waals surface area contributed by atoms with E-state index in [9.17, 15) is 9.59 Å². The summed E-state index contributed by atoms with van der Waals surface area (Å²) in [5.74, 6) is -4.38. The highest BCUT2D eigenvalue weighted by atomic mass is 35.5. The molecule has 0 saturated heterocycles. The molecule has 1 fully saturated rings. The molecule has 3 N–H and O–H groups in total. The third kappa shape index (κ3) is 3.64. The zero-order chi connectivity index (χ0) is 17.1. The van der Waals surface area contributed by atoms with Crippen molar-refractivity contribution in [1.82, 2.24) is 5.16 Å². The number of carboxylic acid groups (broad SMARTS) is 2. The molecule has 0 bridgehead atoms. The minimum absolute atomic E-state index is 0.0965. The lowest BCUT2D eigenvalue weighted by Gasteiger charge is -2.16. The van der Waals surface area contributed by atoms with Crippen molar-refractivity contribution >= 4 is 28.7 Å². The highest BCUT2D eigenvalue weighted by Crippen LogP contribution is 2.46. The number of aliphatic carboxylic acids is 2. The van der Waals surface area contributed by atoms with E-state index in [1.54, 1.807) is 0 Å². The van der Waals surface area contributed by atoms with Crippen LogP contribution in [0.25, 0.3) is 0 Å². The highest BCUT2D eigenvalue weighted by molar-refractivity contribution is 6.69. The molecule has 126 valence electrons. The van der Waals surface area contributed by atoms with E-state index in [-0.39, 0.29) is 23.3 Å². The van der Waals surface area contributed by atoms with Gasteiger partial charge in [-0.15, -0.1) is 0 Å². The van der Waals surface area contributed by atoms with Crippen molar-refractivity contribution in [2.75, 3.05) is 0 Å². The molecule has 1 atom stereocenters. The fraction of sp³-hybridized carbons (Fsp3) is 0.571. The van der Waals surface area contributed by atoms with Crippen molar-refractivity contribution in [3.63, 3.8) is 0 Å². The molecule has 2 rings (SSSR count). The third-order valence-corrected chi connectivity index (χ3v) is 4.26. The maximum Gasteiger partial charge on any atom is 0.317 e. The number of oxime groups is 1. The van der Waals surface area contributed by atoms with E-state index in [1.165, 1.54) is 0 Å². The van der Waals surface area contributed by atoms with Crippen LogP contribution in [0.5, 0.6) is 0 Å². The Hall–Kier alpha value is -2.09. The second kappa shape index (κ2) is 6.99. The maximum atomic E-state index is 11.1. The molecule has 1 aliphatic rings. The van der Waals surface area contributed by atoms with Crippen LogP contribution in [0.2, 0.25) is 0 Å². The molecule has 1 aliphatic carbocycles. The molecule has 1 saturated carbocycles. The number of nitrogens with zero attached hydrogens (tertiary/aromatic N) is 2. The molecule has 0 spiro atoms. The van der Waals surface area contributed by atoms with Gasteiger partial charge in [0.2, 0.25) is 10.9 Å². The Kier molecular flexibility index (Phi) is 5.25. The van der Waals surface area contributed by atoms with E-state index < -0.39 is 23.8 Å². The number of carbonyl (C=O) groups is 2. The monoisotopic (exact) mass is 344 g/mol. The first-order valence-electron chi connectivity index (χ1n) is 7.23. The number of rotatable bonds is 8. The van der Waals surface area contributed by atoms with Crippen molar-refractivity contribution < 1.29 is 29.5 Å². The van der Waals surface area contributed by atoms with Gasteiger partial charge >= 0.3 is 11.9 Å². The van der Waals surface area contributed by atoms with Gasteiger partial charge in [-0.1, -0.05) is 28.8 Å². The van der Waals surface area contributed by atoms with E-state index in [0.717, 1.165) is 12.8 Å². The van der Waals surface area contributed by atoms with Crippen LogP contribution in [0.4, 0.5) is 0 Å². The van der Waals surface area contributed by atoms with E-state index in [1.807, 2.05) is 6.92 Å². The minimum atomic E-state index is -1.52. The summed E-state index contributed by atoms with van der Waals surface area (Å²) < 4.78 is 5.17. The van der Waals surface area contributed by atoms with Crippen molar-refractivity contribution in [3.05, 3.63) is 17.0 Å². The topological polar surface area (TPSA) is 133 Å². The number of halogens is 1. The Morgan fingerprint density at radius 2 is 2.00 bits per heavy atom. The van der Waals surface area contributed by atoms with Crippen molar-refractivity contribution in [3.8, 4) is 0 Å². The zero-order valence-electron chi connectivity index (χ0n) is 12.4. The zero-order valence-corrected chi connectivity index (χ0v) is 13.2. The van der Waals surface area contributed by atoms with Gasteiger partial charge in [0.15, 0.2) is 5.92 Å². The van der Waals surface area contributed by atoms with Crippen LogP contribution in [0.3, 0.4) is 0 Å². The molecule has 0 unspecified atom stereocenters. The first-order valence-corrected chi connectivity index (χ1v) is 7.61. The minimum Gasteiger partial charge on any atom is -0.481 e. The summed E-state index contributed by atoms with van der Waals surface area (Å²) in [5, 5.41) is 33.6. The summed E-state index contributed by atoms with van der Waals surface area (Å²) in [6.07, 6.45) is 2.19. The van der Waals surface area contributed by atoms with Crippen LogP contribution in [0.1, 0.15) is 61.5 Å². The molecule has 1 aromatic rings. The van der Waals surface area contributed by atoms with Crippen molar-refractivity contribution in [1.29, 1.82) is 0 Å². The summed E-state index contributed by atoms with van der Waals surface area (Å²) in [7, 11) is 0. The fourth-order valence-electron chi connectivity index (χ4n) is 2.63. The first kappa shape index (κ1) is 17.3. The molecular formula is C14H17ClN2O6. The van der Waals surface area contributed by atoms with Crippen LogP contribution in [0.15, 0.2) is 9.68 Å². The average Bonchev–Trinajstić information content (AvgIpc) is 3.26. The Labute approximate surface area is 136 Å². The third-order valence-electron chi connectivity index (χ3n) is 4.01. The highest BCUT2D eigenvalue weighted by Gasteiger charge is 2.38. The van der Waals surface area contributed by atoms with E-state index >= 15 is 0 Å². The predicted molar refractivity (Wildman–Crippen MR) is 79.1 cm³/mol. The van der Waals surface area contributed by atoms with E-state index in [2.05, 4.69) is 10.3 Å². The standard InChI is InChI=1S/C14H17ClN2O6/c1-2-6(5-8(13(18)19)14(20)21)10-9(7-3-4-7)11(23-17-10)12(15)16-22/h6-8,22H,2-5H2,1H3,(H,18,19)(H,20,21)/t6-/m1/s1. The molecule has 0 aromatic carbocycles. The summed E-state index contributed by atoms with van der Waals surface area (Å²) in [6, 6.07) is 0. The molecule has 23 heavy (non-hydrogen) atoms. The van der Waals surface area contributed by atoms with Gasteiger partial charge < -0.3 is 19.9 Å². The predicted octanol–water partition coefficient (Wildman–Crippen LogP) is 2.60. The second-order valence-electron chi connectivity index (χ2n) is 5.55. The van der Waals surface area contributed by atoms with E-state index in [0.29, 0.717) is 17.7 Å². The number of aromatic nitrogens is 1. The van der Waals surface area contributed by atoms with Gasteiger partial charge in [-0.05, 0) is 31.6 Å². The van der Waals surface area contributed by atoms with Gasteiger partial charge in [0.05, 0.1) is 5.69 Å².